The predicted molar refractivity (Wildman–Crippen MR) is 72.3 cm³/mol. The number of nitrogens with zero attached hydrogens (tertiary/aromatic N) is 1. The molecule has 2 N–H and O–H groups in total. The van der Waals surface area contributed by atoms with E-state index in [-0.39, 0.29) is 5.69 Å². The van der Waals surface area contributed by atoms with Crippen molar-refractivity contribution < 1.29 is 4.92 Å². The molecule has 2 aromatic rings. The number of hydrogen-bond donors (Lipinski definition) is 2. The summed E-state index contributed by atoms with van der Waals surface area (Å²) in [6.07, 6.45) is 2.95. The molecule has 0 aromatic carbocycles. The van der Waals surface area contributed by atoms with Crippen molar-refractivity contribution in [2.45, 2.75) is 6.92 Å². The smallest absolute Gasteiger partial charge is 0.301 e. The van der Waals surface area contributed by atoms with Gasteiger partial charge in [-0.05, 0) is 31.2 Å². The van der Waals surface area contributed by atoms with Gasteiger partial charge in [-0.3, -0.25) is 19.9 Å². The minimum Gasteiger partial charge on any atom is -0.301 e. The van der Waals surface area contributed by atoms with Crippen LogP contribution in [0.25, 0.3) is 12.2 Å². The lowest BCUT2D eigenvalue weighted by Gasteiger charge is -1.95. The molecule has 19 heavy (non-hydrogen) atoms. The van der Waals surface area contributed by atoms with E-state index in [9.17, 15) is 19.7 Å². The van der Waals surface area contributed by atoms with Crippen molar-refractivity contribution in [2.24, 2.45) is 0 Å². The van der Waals surface area contributed by atoms with Gasteiger partial charge in [-0.15, -0.1) is 11.3 Å². The van der Waals surface area contributed by atoms with Crippen LogP contribution >= 0.6 is 11.3 Å². The lowest BCUT2D eigenvalue weighted by Crippen LogP contribution is -2.25. The largest absolute Gasteiger partial charge is 0.357 e. The van der Waals surface area contributed by atoms with E-state index in [1.54, 1.807) is 6.08 Å². The average Bonchev–Trinajstić information content (AvgIpc) is 2.71. The highest BCUT2D eigenvalue weighted by atomic mass is 32.1. The van der Waals surface area contributed by atoms with Gasteiger partial charge in [0.1, 0.15) is 5.69 Å². The van der Waals surface area contributed by atoms with E-state index < -0.39 is 21.9 Å². The molecule has 0 aliphatic rings. The Hall–Kier alpha value is -2.48. The molecule has 0 fully saturated rings. The number of aromatic amines is 2. The predicted octanol–water partition coefficient (Wildman–Crippen LogP) is 1.51. The van der Waals surface area contributed by atoms with Gasteiger partial charge in [-0.2, -0.15) is 0 Å². The summed E-state index contributed by atoms with van der Waals surface area (Å²) in [6, 6.07) is 3.74. The highest BCUT2D eigenvalue weighted by Crippen LogP contribution is 2.19. The summed E-state index contributed by atoms with van der Waals surface area (Å²) in [5.74, 6) is 0. The zero-order valence-electron chi connectivity index (χ0n) is 9.80. The molecule has 0 saturated heterocycles. The molecule has 7 nitrogen and oxygen atoms in total. The number of aryl methyl sites for hydroxylation is 1. The van der Waals surface area contributed by atoms with Crippen LogP contribution in [-0.4, -0.2) is 14.9 Å². The highest BCUT2D eigenvalue weighted by Gasteiger charge is 2.18. The van der Waals surface area contributed by atoms with Crippen LogP contribution in [0.2, 0.25) is 0 Å². The standard InChI is InChI=1S/C11H9N3O4S/c1-6-2-3-7(19-6)4-5-8-9(14(17)18)10(15)13-11(16)12-8/h2-5H,1H3,(H2,12,13,15,16). The van der Waals surface area contributed by atoms with Gasteiger partial charge in [0.2, 0.25) is 0 Å². The van der Waals surface area contributed by atoms with Gasteiger partial charge in [0.25, 0.3) is 0 Å². The quantitative estimate of drug-likeness (QED) is 0.655. The van der Waals surface area contributed by atoms with Crippen molar-refractivity contribution in [1.29, 1.82) is 0 Å². The van der Waals surface area contributed by atoms with Crippen molar-refractivity contribution in [3.8, 4) is 0 Å². The second-order valence-corrected chi connectivity index (χ2v) is 5.03. The topological polar surface area (TPSA) is 109 Å². The molecule has 0 amide bonds. The van der Waals surface area contributed by atoms with Crippen molar-refractivity contribution in [3.63, 3.8) is 0 Å². The molecule has 0 saturated carbocycles. The number of hydrogen-bond acceptors (Lipinski definition) is 5. The third-order valence-corrected chi connectivity index (χ3v) is 3.27. The van der Waals surface area contributed by atoms with E-state index in [1.165, 1.54) is 17.4 Å². The zero-order chi connectivity index (χ0) is 14.0. The Balaban J connectivity index is 2.50. The summed E-state index contributed by atoms with van der Waals surface area (Å²) in [6.45, 7) is 1.93. The molecule has 8 heteroatoms. The first-order chi connectivity index (χ1) is 8.97. The summed E-state index contributed by atoms with van der Waals surface area (Å²) in [7, 11) is 0. The second kappa shape index (κ2) is 5.02. The van der Waals surface area contributed by atoms with Crippen LogP contribution in [0.1, 0.15) is 15.4 Å². The summed E-state index contributed by atoms with van der Waals surface area (Å²) in [4.78, 5) is 38.5. The third kappa shape index (κ3) is 2.86. The molecule has 98 valence electrons. The number of thiophene rings is 1. The van der Waals surface area contributed by atoms with E-state index in [4.69, 9.17) is 0 Å². The maximum Gasteiger partial charge on any atom is 0.357 e. The van der Waals surface area contributed by atoms with Crippen LogP contribution in [0.15, 0.2) is 21.7 Å². The first-order valence-electron chi connectivity index (χ1n) is 5.23. The van der Waals surface area contributed by atoms with Gasteiger partial charge < -0.3 is 4.98 Å². The molecule has 0 aliphatic heterocycles. The van der Waals surface area contributed by atoms with Crippen molar-refractivity contribution in [1.82, 2.24) is 9.97 Å². The van der Waals surface area contributed by atoms with E-state index in [0.717, 1.165) is 9.75 Å². The summed E-state index contributed by atoms with van der Waals surface area (Å²) in [5.41, 5.74) is -2.60. The fraction of sp³-hybridized carbons (Fsp3) is 0.0909. The van der Waals surface area contributed by atoms with E-state index >= 15 is 0 Å². The number of rotatable bonds is 3. The molecule has 0 radical (unpaired) electrons. The molecule has 0 spiro atoms. The van der Waals surface area contributed by atoms with Gasteiger partial charge in [-0.1, -0.05) is 0 Å². The van der Waals surface area contributed by atoms with Crippen molar-refractivity contribution in [2.75, 3.05) is 0 Å². The monoisotopic (exact) mass is 279 g/mol. The molecule has 0 bridgehead atoms. The van der Waals surface area contributed by atoms with Gasteiger partial charge in [-0.25, -0.2) is 4.79 Å². The normalized spacial score (nSPS) is 11.0. The molecule has 2 rings (SSSR count). The molecule has 0 aliphatic carbocycles. The van der Waals surface area contributed by atoms with Gasteiger partial charge in [0.15, 0.2) is 0 Å². The first kappa shape index (κ1) is 13.0. The highest BCUT2D eigenvalue weighted by molar-refractivity contribution is 7.12. The van der Waals surface area contributed by atoms with E-state index in [1.807, 2.05) is 24.0 Å². The Morgan fingerprint density at radius 2 is 2.00 bits per heavy atom. The third-order valence-electron chi connectivity index (χ3n) is 2.30. The molecule has 0 unspecified atom stereocenters. The molecular formula is C11H9N3O4S. The second-order valence-electron chi connectivity index (χ2n) is 3.71. The van der Waals surface area contributed by atoms with E-state index in [0.29, 0.717) is 0 Å². The van der Waals surface area contributed by atoms with Gasteiger partial charge >= 0.3 is 16.9 Å². The maximum absolute atomic E-state index is 11.4. The summed E-state index contributed by atoms with van der Waals surface area (Å²) in [5, 5.41) is 10.8. The van der Waals surface area contributed by atoms with Crippen LogP contribution < -0.4 is 11.2 Å². The molecule has 2 aromatic heterocycles. The molecule has 2 heterocycles. The zero-order valence-corrected chi connectivity index (χ0v) is 10.6. The number of H-pyrrole nitrogens is 2. The van der Waals surface area contributed by atoms with Crippen LogP contribution in [-0.2, 0) is 0 Å². The van der Waals surface area contributed by atoms with Gasteiger partial charge in [0.05, 0.1) is 4.92 Å². The Morgan fingerprint density at radius 3 is 2.58 bits per heavy atom. The Labute approximate surface area is 110 Å². The van der Waals surface area contributed by atoms with Crippen molar-refractivity contribution in [3.05, 3.63) is 58.5 Å². The number of nitrogens with one attached hydrogen (secondary N) is 2. The Kier molecular flexibility index (Phi) is 3.43. The minimum atomic E-state index is -1.02. The maximum atomic E-state index is 11.4. The van der Waals surface area contributed by atoms with Crippen molar-refractivity contribution >= 4 is 29.2 Å². The lowest BCUT2D eigenvalue weighted by molar-refractivity contribution is -0.386. The van der Waals surface area contributed by atoms with Crippen LogP contribution in [0.5, 0.6) is 0 Å². The number of aromatic nitrogens is 2. The molecule has 0 atom stereocenters. The van der Waals surface area contributed by atoms with Crippen LogP contribution in [0.4, 0.5) is 5.69 Å². The fourth-order valence-corrected chi connectivity index (χ4v) is 2.29. The SMILES string of the molecule is Cc1ccc(C=Cc2[nH]c(=O)[nH]c(=O)c2[N+](=O)[O-])s1. The van der Waals surface area contributed by atoms with Gasteiger partial charge in [0, 0.05) is 9.75 Å². The Morgan fingerprint density at radius 1 is 1.26 bits per heavy atom. The lowest BCUT2D eigenvalue weighted by atomic mass is 10.3. The molecular weight excluding hydrogens is 270 g/mol. The average molecular weight is 279 g/mol. The summed E-state index contributed by atoms with van der Waals surface area (Å²) < 4.78 is 0. The fourth-order valence-electron chi connectivity index (χ4n) is 1.51. The Bertz CT molecular complexity index is 769. The minimum absolute atomic E-state index is 0.121. The van der Waals surface area contributed by atoms with E-state index in [2.05, 4.69) is 4.98 Å². The van der Waals surface area contributed by atoms with Crippen LogP contribution in [0, 0.1) is 17.0 Å². The summed E-state index contributed by atoms with van der Waals surface area (Å²) >= 11 is 1.50. The van der Waals surface area contributed by atoms with Crippen LogP contribution in [0.3, 0.4) is 0 Å². The number of nitro groups is 1. The first-order valence-corrected chi connectivity index (χ1v) is 6.04.